The highest BCUT2D eigenvalue weighted by molar-refractivity contribution is 7.18. The maximum absolute atomic E-state index is 14.5. The molecular weight excluding hydrogens is 427 g/mol. The molecule has 30 heavy (non-hydrogen) atoms. The van der Waals surface area contributed by atoms with Gasteiger partial charge in [-0.1, -0.05) is 36.8 Å². The minimum atomic E-state index is -0.599. The minimum absolute atomic E-state index is 0.0217. The molecule has 1 atom stereocenters. The van der Waals surface area contributed by atoms with Crippen LogP contribution in [0.15, 0.2) is 24.3 Å². The van der Waals surface area contributed by atoms with Crippen molar-refractivity contribution in [3.8, 4) is 26.9 Å². The molecule has 2 aromatic heterocycles. The molecule has 0 aliphatic heterocycles. The number of nitrogens with two attached hydrogens (primary N) is 1. The highest BCUT2D eigenvalue weighted by Crippen LogP contribution is 2.37. The number of aliphatic hydroxyl groups is 1. The van der Waals surface area contributed by atoms with Gasteiger partial charge in [-0.25, -0.2) is 4.39 Å². The summed E-state index contributed by atoms with van der Waals surface area (Å²) in [7, 11) is 0. The van der Waals surface area contributed by atoms with Crippen LogP contribution in [0.2, 0.25) is 5.02 Å². The third-order valence-electron chi connectivity index (χ3n) is 4.24. The molecule has 1 aromatic carbocycles. The normalized spacial score (nSPS) is 12.4. The molecule has 0 saturated carbocycles. The van der Waals surface area contributed by atoms with E-state index >= 15 is 0 Å². The van der Waals surface area contributed by atoms with Gasteiger partial charge in [-0.15, -0.1) is 10.2 Å². The standard InChI is InChI=1S/C21H24ClFN4O2S/c1-11(2)4-15-6-13(5-12(3)25-15)20-26-27-21(30-20)16-7-18(23)19(8-17(16)22)29-10-14(24)9-28/h5-8,11,14,28H,4,9-10,24H2,1-3H3/t14-/m0/s1. The number of nitrogens with zero attached hydrogens (tertiary/aromatic N) is 3. The number of rotatable bonds is 8. The van der Waals surface area contributed by atoms with E-state index in [1.165, 1.54) is 23.5 Å². The zero-order valence-electron chi connectivity index (χ0n) is 17.0. The monoisotopic (exact) mass is 450 g/mol. The molecule has 6 nitrogen and oxygen atoms in total. The van der Waals surface area contributed by atoms with Crippen LogP contribution >= 0.6 is 22.9 Å². The second kappa shape index (κ2) is 9.78. The van der Waals surface area contributed by atoms with Gasteiger partial charge in [-0.05, 0) is 37.5 Å². The predicted molar refractivity (Wildman–Crippen MR) is 117 cm³/mol. The Morgan fingerprint density at radius 1 is 1.20 bits per heavy atom. The molecular formula is C21H24ClFN4O2S. The number of aliphatic hydroxyl groups excluding tert-OH is 1. The molecule has 0 aliphatic carbocycles. The molecule has 0 saturated heterocycles. The first-order valence-electron chi connectivity index (χ1n) is 9.57. The lowest BCUT2D eigenvalue weighted by atomic mass is 10.1. The average Bonchev–Trinajstić information content (AvgIpc) is 3.17. The summed E-state index contributed by atoms with van der Waals surface area (Å²) in [5.41, 5.74) is 8.86. The van der Waals surface area contributed by atoms with Gasteiger partial charge in [0.15, 0.2) is 11.6 Å². The van der Waals surface area contributed by atoms with E-state index in [2.05, 4.69) is 29.0 Å². The fraction of sp³-hybridized carbons (Fsp3) is 0.381. The van der Waals surface area contributed by atoms with Crippen molar-refractivity contribution in [2.75, 3.05) is 13.2 Å². The smallest absolute Gasteiger partial charge is 0.165 e. The van der Waals surface area contributed by atoms with Crippen LogP contribution in [0, 0.1) is 18.7 Å². The van der Waals surface area contributed by atoms with Gasteiger partial charge in [0.05, 0.1) is 17.7 Å². The Labute approximate surface area is 183 Å². The number of hydrogen-bond acceptors (Lipinski definition) is 7. The number of benzene rings is 1. The summed E-state index contributed by atoms with van der Waals surface area (Å²) in [6, 6.07) is 6.03. The fourth-order valence-corrected chi connectivity index (χ4v) is 4.05. The second-order valence-corrected chi connectivity index (χ2v) is 8.90. The van der Waals surface area contributed by atoms with Crippen LogP contribution in [-0.2, 0) is 6.42 Å². The molecule has 0 aliphatic rings. The summed E-state index contributed by atoms with van der Waals surface area (Å²) in [4.78, 5) is 4.58. The van der Waals surface area contributed by atoms with Crippen molar-refractivity contribution in [1.82, 2.24) is 15.2 Å². The van der Waals surface area contributed by atoms with Gasteiger partial charge in [0.1, 0.15) is 16.6 Å². The molecule has 0 unspecified atom stereocenters. The Bertz CT molecular complexity index is 1030. The van der Waals surface area contributed by atoms with Crippen molar-refractivity contribution in [2.45, 2.75) is 33.2 Å². The lowest BCUT2D eigenvalue weighted by molar-refractivity contribution is 0.202. The van der Waals surface area contributed by atoms with Crippen LogP contribution in [0.4, 0.5) is 4.39 Å². The van der Waals surface area contributed by atoms with Crippen LogP contribution in [0.1, 0.15) is 25.2 Å². The number of aromatic nitrogens is 3. The Balaban J connectivity index is 1.87. The van der Waals surface area contributed by atoms with E-state index in [1.54, 1.807) is 0 Å². The van der Waals surface area contributed by atoms with Gasteiger partial charge in [0.2, 0.25) is 0 Å². The zero-order chi connectivity index (χ0) is 21.8. The Morgan fingerprint density at radius 3 is 2.63 bits per heavy atom. The van der Waals surface area contributed by atoms with Crippen molar-refractivity contribution in [3.63, 3.8) is 0 Å². The van der Waals surface area contributed by atoms with Crippen LogP contribution in [0.25, 0.3) is 21.1 Å². The highest BCUT2D eigenvalue weighted by atomic mass is 35.5. The molecule has 3 aromatic rings. The maximum Gasteiger partial charge on any atom is 0.165 e. The number of halogens is 2. The molecule has 0 amide bonds. The summed E-state index contributed by atoms with van der Waals surface area (Å²) < 4.78 is 19.8. The van der Waals surface area contributed by atoms with E-state index in [1.807, 2.05) is 19.1 Å². The van der Waals surface area contributed by atoms with Gasteiger partial charge in [0.25, 0.3) is 0 Å². The molecule has 2 heterocycles. The van der Waals surface area contributed by atoms with Gasteiger partial charge in [-0.3, -0.25) is 4.98 Å². The minimum Gasteiger partial charge on any atom is -0.489 e. The van der Waals surface area contributed by atoms with Crippen molar-refractivity contribution < 1.29 is 14.2 Å². The SMILES string of the molecule is Cc1cc(-c2nnc(-c3cc(F)c(OC[C@@H](N)CO)cc3Cl)s2)cc(CC(C)C)n1. The molecule has 3 N–H and O–H groups in total. The number of hydrogen-bond donors (Lipinski definition) is 2. The molecule has 0 spiro atoms. The molecule has 0 radical (unpaired) electrons. The highest BCUT2D eigenvalue weighted by Gasteiger charge is 2.17. The van der Waals surface area contributed by atoms with Gasteiger partial charge < -0.3 is 15.6 Å². The van der Waals surface area contributed by atoms with Crippen molar-refractivity contribution in [2.24, 2.45) is 11.7 Å². The Hall–Kier alpha value is -2.13. The first kappa shape index (κ1) is 22.6. The van der Waals surface area contributed by atoms with Crippen LogP contribution in [0.5, 0.6) is 5.75 Å². The molecule has 3 rings (SSSR count). The third kappa shape index (κ3) is 5.51. The lowest BCUT2D eigenvalue weighted by Crippen LogP contribution is -2.31. The zero-order valence-corrected chi connectivity index (χ0v) is 18.6. The fourth-order valence-electron chi connectivity index (χ4n) is 2.88. The maximum atomic E-state index is 14.5. The van der Waals surface area contributed by atoms with E-state index in [0.29, 0.717) is 21.5 Å². The van der Waals surface area contributed by atoms with Gasteiger partial charge >= 0.3 is 0 Å². The van der Waals surface area contributed by atoms with E-state index < -0.39 is 11.9 Å². The topological polar surface area (TPSA) is 94.2 Å². The lowest BCUT2D eigenvalue weighted by Gasteiger charge is -2.12. The Kier molecular flexibility index (Phi) is 7.36. The van der Waals surface area contributed by atoms with Crippen LogP contribution in [-0.4, -0.2) is 39.5 Å². The van der Waals surface area contributed by atoms with Gasteiger partial charge in [0, 0.05) is 28.6 Å². The molecule has 9 heteroatoms. The van der Waals surface area contributed by atoms with E-state index in [-0.39, 0.29) is 24.0 Å². The third-order valence-corrected chi connectivity index (χ3v) is 5.55. The molecule has 0 bridgehead atoms. The van der Waals surface area contributed by atoms with E-state index in [0.717, 1.165) is 23.4 Å². The summed E-state index contributed by atoms with van der Waals surface area (Å²) in [6.45, 7) is 5.96. The average molecular weight is 451 g/mol. The first-order valence-corrected chi connectivity index (χ1v) is 10.8. The summed E-state index contributed by atoms with van der Waals surface area (Å²) in [6.07, 6.45) is 0.874. The Morgan fingerprint density at radius 2 is 1.93 bits per heavy atom. The number of ether oxygens (including phenoxy) is 1. The van der Waals surface area contributed by atoms with Crippen molar-refractivity contribution >= 4 is 22.9 Å². The largest absolute Gasteiger partial charge is 0.489 e. The summed E-state index contributed by atoms with van der Waals surface area (Å²) in [5.74, 6) is -0.123. The number of pyridine rings is 1. The molecule has 0 fully saturated rings. The van der Waals surface area contributed by atoms with E-state index in [4.69, 9.17) is 27.2 Å². The summed E-state index contributed by atoms with van der Waals surface area (Å²) in [5, 5.41) is 18.9. The molecule has 160 valence electrons. The van der Waals surface area contributed by atoms with Crippen molar-refractivity contribution in [3.05, 3.63) is 46.5 Å². The summed E-state index contributed by atoms with van der Waals surface area (Å²) >= 11 is 7.68. The van der Waals surface area contributed by atoms with Crippen LogP contribution in [0.3, 0.4) is 0 Å². The number of aryl methyl sites for hydroxylation is 1. The second-order valence-electron chi connectivity index (χ2n) is 7.52. The van der Waals surface area contributed by atoms with Gasteiger partial charge in [-0.2, -0.15) is 0 Å². The van der Waals surface area contributed by atoms with E-state index in [9.17, 15) is 4.39 Å². The van der Waals surface area contributed by atoms with Crippen molar-refractivity contribution in [1.29, 1.82) is 0 Å². The quantitative estimate of drug-likeness (QED) is 0.532. The predicted octanol–water partition coefficient (Wildman–Crippen LogP) is 4.26. The van der Waals surface area contributed by atoms with Crippen LogP contribution < -0.4 is 10.5 Å². The first-order chi connectivity index (χ1) is 14.3.